The van der Waals surface area contributed by atoms with Crippen LogP contribution in [0, 0.1) is 5.92 Å². The lowest BCUT2D eigenvalue weighted by atomic mass is 9.91. The number of halogens is 1. The summed E-state index contributed by atoms with van der Waals surface area (Å²) < 4.78 is 5.31. The SMILES string of the molecule is CCOCCNC(=NC)NCC1CCCCCCC1.I. The van der Waals surface area contributed by atoms with Gasteiger partial charge < -0.3 is 15.4 Å². The first-order chi connectivity index (χ1) is 9.36. The molecule has 0 aromatic rings. The van der Waals surface area contributed by atoms with Crippen LogP contribution in [0.25, 0.3) is 0 Å². The first-order valence-electron chi connectivity index (χ1n) is 7.89. The second kappa shape index (κ2) is 13.9. The molecule has 2 N–H and O–H groups in total. The second-order valence-corrected chi connectivity index (χ2v) is 5.29. The number of nitrogens with one attached hydrogen (secondary N) is 2. The summed E-state index contributed by atoms with van der Waals surface area (Å²) >= 11 is 0. The topological polar surface area (TPSA) is 45.6 Å². The van der Waals surface area contributed by atoms with Crippen molar-refractivity contribution in [1.82, 2.24) is 10.6 Å². The van der Waals surface area contributed by atoms with Crippen molar-refractivity contribution >= 4 is 29.9 Å². The number of guanidine groups is 1. The molecule has 0 spiro atoms. The molecule has 0 unspecified atom stereocenters. The Morgan fingerprint density at radius 3 is 2.35 bits per heavy atom. The van der Waals surface area contributed by atoms with Crippen molar-refractivity contribution in [3.05, 3.63) is 0 Å². The number of hydrogen-bond acceptors (Lipinski definition) is 2. The third kappa shape index (κ3) is 9.80. The Kier molecular flexibility index (Phi) is 13.9. The minimum absolute atomic E-state index is 0. The molecule has 1 rings (SSSR count). The van der Waals surface area contributed by atoms with Crippen molar-refractivity contribution in [2.75, 3.05) is 33.4 Å². The molecule has 0 atom stereocenters. The summed E-state index contributed by atoms with van der Waals surface area (Å²) in [5, 5.41) is 6.73. The fourth-order valence-corrected chi connectivity index (χ4v) is 2.59. The summed E-state index contributed by atoms with van der Waals surface area (Å²) in [4.78, 5) is 4.25. The van der Waals surface area contributed by atoms with Crippen molar-refractivity contribution in [3.63, 3.8) is 0 Å². The maximum Gasteiger partial charge on any atom is 0.191 e. The Morgan fingerprint density at radius 1 is 1.10 bits per heavy atom. The number of nitrogens with zero attached hydrogens (tertiary/aromatic N) is 1. The Balaban J connectivity index is 0.00000361. The van der Waals surface area contributed by atoms with Crippen LogP contribution in [0.3, 0.4) is 0 Å². The van der Waals surface area contributed by atoms with Crippen LogP contribution in [0.2, 0.25) is 0 Å². The van der Waals surface area contributed by atoms with E-state index in [1.807, 2.05) is 14.0 Å². The third-order valence-corrected chi connectivity index (χ3v) is 3.75. The van der Waals surface area contributed by atoms with Gasteiger partial charge in [-0.15, -0.1) is 24.0 Å². The van der Waals surface area contributed by atoms with Crippen molar-refractivity contribution in [3.8, 4) is 0 Å². The first kappa shape index (κ1) is 20.0. The van der Waals surface area contributed by atoms with Crippen LogP contribution in [0.15, 0.2) is 4.99 Å². The van der Waals surface area contributed by atoms with Crippen molar-refractivity contribution in [2.45, 2.75) is 51.9 Å². The second-order valence-electron chi connectivity index (χ2n) is 5.29. The van der Waals surface area contributed by atoms with Gasteiger partial charge in [-0.25, -0.2) is 0 Å². The van der Waals surface area contributed by atoms with Crippen LogP contribution in [-0.2, 0) is 4.74 Å². The van der Waals surface area contributed by atoms with Gasteiger partial charge >= 0.3 is 0 Å². The lowest BCUT2D eigenvalue weighted by molar-refractivity contribution is 0.152. The van der Waals surface area contributed by atoms with Crippen LogP contribution in [0.4, 0.5) is 0 Å². The summed E-state index contributed by atoms with van der Waals surface area (Å²) in [5.74, 6) is 1.72. The van der Waals surface area contributed by atoms with Gasteiger partial charge in [-0.3, -0.25) is 4.99 Å². The molecule has 1 fully saturated rings. The van der Waals surface area contributed by atoms with Crippen LogP contribution in [0.5, 0.6) is 0 Å². The third-order valence-electron chi connectivity index (χ3n) is 3.75. The zero-order valence-electron chi connectivity index (χ0n) is 13.1. The quantitative estimate of drug-likeness (QED) is 0.313. The highest BCUT2D eigenvalue weighted by Crippen LogP contribution is 2.21. The van der Waals surface area contributed by atoms with E-state index in [2.05, 4.69) is 15.6 Å². The molecular weight excluding hydrogens is 365 g/mol. The van der Waals surface area contributed by atoms with E-state index in [1.54, 1.807) is 0 Å². The van der Waals surface area contributed by atoms with E-state index in [-0.39, 0.29) is 24.0 Å². The fourth-order valence-electron chi connectivity index (χ4n) is 2.59. The van der Waals surface area contributed by atoms with Gasteiger partial charge in [-0.1, -0.05) is 32.1 Å². The minimum atomic E-state index is 0. The van der Waals surface area contributed by atoms with Gasteiger partial charge in [0.1, 0.15) is 0 Å². The van der Waals surface area contributed by atoms with E-state index in [9.17, 15) is 0 Å². The van der Waals surface area contributed by atoms with Gasteiger partial charge in [0.2, 0.25) is 0 Å². The average molecular weight is 397 g/mol. The minimum Gasteiger partial charge on any atom is -0.380 e. The Morgan fingerprint density at radius 2 is 1.75 bits per heavy atom. The van der Waals surface area contributed by atoms with Crippen LogP contribution < -0.4 is 10.6 Å². The summed E-state index contributed by atoms with van der Waals surface area (Å²) in [7, 11) is 1.83. The van der Waals surface area contributed by atoms with E-state index < -0.39 is 0 Å². The predicted molar refractivity (Wildman–Crippen MR) is 97.1 cm³/mol. The van der Waals surface area contributed by atoms with Crippen molar-refractivity contribution in [2.24, 2.45) is 10.9 Å². The van der Waals surface area contributed by atoms with E-state index in [4.69, 9.17) is 4.74 Å². The van der Waals surface area contributed by atoms with E-state index in [1.165, 1.54) is 44.9 Å². The highest BCUT2D eigenvalue weighted by Gasteiger charge is 2.11. The van der Waals surface area contributed by atoms with Gasteiger partial charge in [0.25, 0.3) is 0 Å². The van der Waals surface area contributed by atoms with Gasteiger partial charge in [-0.2, -0.15) is 0 Å². The molecule has 0 aliphatic heterocycles. The first-order valence-corrected chi connectivity index (χ1v) is 7.89. The highest BCUT2D eigenvalue weighted by atomic mass is 127. The fraction of sp³-hybridized carbons (Fsp3) is 0.933. The molecule has 4 nitrogen and oxygen atoms in total. The number of aliphatic imine (C=N–C) groups is 1. The normalized spacial score (nSPS) is 17.8. The monoisotopic (exact) mass is 397 g/mol. The molecule has 0 amide bonds. The average Bonchev–Trinajstić information content (AvgIpc) is 2.39. The molecule has 0 radical (unpaired) electrons. The zero-order valence-corrected chi connectivity index (χ0v) is 15.4. The molecule has 1 aliphatic carbocycles. The summed E-state index contributed by atoms with van der Waals surface area (Å²) in [6.45, 7) is 5.39. The van der Waals surface area contributed by atoms with Gasteiger partial charge in [0.05, 0.1) is 6.61 Å². The molecule has 0 saturated heterocycles. The zero-order chi connectivity index (χ0) is 13.8. The van der Waals surface area contributed by atoms with Gasteiger partial charge in [0, 0.05) is 26.7 Å². The van der Waals surface area contributed by atoms with Crippen molar-refractivity contribution < 1.29 is 4.74 Å². The lowest BCUT2D eigenvalue weighted by Gasteiger charge is -2.21. The van der Waals surface area contributed by atoms with E-state index in [0.29, 0.717) is 0 Å². The molecule has 5 heteroatoms. The maximum atomic E-state index is 5.31. The summed E-state index contributed by atoms with van der Waals surface area (Å²) in [5.41, 5.74) is 0. The van der Waals surface area contributed by atoms with Crippen LogP contribution in [-0.4, -0.2) is 39.3 Å². The van der Waals surface area contributed by atoms with E-state index >= 15 is 0 Å². The van der Waals surface area contributed by atoms with Crippen LogP contribution in [0.1, 0.15) is 51.9 Å². The predicted octanol–water partition coefficient (Wildman–Crippen LogP) is 3.17. The smallest absolute Gasteiger partial charge is 0.191 e. The van der Waals surface area contributed by atoms with Crippen molar-refractivity contribution in [1.29, 1.82) is 0 Å². The van der Waals surface area contributed by atoms with Crippen LogP contribution >= 0.6 is 24.0 Å². The molecule has 20 heavy (non-hydrogen) atoms. The molecule has 0 heterocycles. The molecule has 1 aliphatic rings. The Labute approximate surface area is 141 Å². The largest absolute Gasteiger partial charge is 0.380 e. The van der Waals surface area contributed by atoms with E-state index in [0.717, 1.165) is 38.2 Å². The van der Waals surface area contributed by atoms with Gasteiger partial charge in [0.15, 0.2) is 5.96 Å². The summed E-state index contributed by atoms with van der Waals surface area (Å²) in [6, 6.07) is 0. The number of ether oxygens (including phenoxy) is 1. The number of hydrogen-bond donors (Lipinski definition) is 2. The standard InChI is InChI=1S/C15H31N3O.HI/c1-3-19-12-11-17-15(16-2)18-13-14-9-7-5-4-6-8-10-14;/h14H,3-13H2,1-2H3,(H2,16,17,18);1H. The maximum absolute atomic E-state index is 5.31. The molecule has 1 saturated carbocycles. The Bertz CT molecular complexity index is 241. The molecule has 0 aromatic carbocycles. The Hall–Kier alpha value is -0.0400. The van der Waals surface area contributed by atoms with Gasteiger partial charge in [-0.05, 0) is 25.7 Å². The molecule has 0 bridgehead atoms. The molecule has 120 valence electrons. The molecular formula is C15H32IN3O. The summed E-state index contributed by atoms with van der Waals surface area (Å²) in [6.07, 6.45) is 9.77. The number of rotatable bonds is 6. The lowest BCUT2D eigenvalue weighted by Crippen LogP contribution is -2.41. The molecule has 0 aromatic heterocycles. The highest BCUT2D eigenvalue weighted by molar-refractivity contribution is 14.0.